The normalized spacial score (nSPS) is 10.7. The van der Waals surface area contributed by atoms with Gasteiger partial charge in [0.05, 0.1) is 0 Å². The highest BCUT2D eigenvalue weighted by Gasteiger charge is 2.06. The number of Topliss-reactive ketones (excluding diaryl/α,β-unsaturated/α-hetero) is 1. The summed E-state index contributed by atoms with van der Waals surface area (Å²) in [5.41, 5.74) is 2.59. The van der Waals surface area contributed by atoms with Crippen LogP contribution in [0, 0.1) is 0 Å². The maximum atomic E-state index is 11.6. The molecule has 0 heterocycles. The molecule has 20 heavy (non-hydrogen) atoms. The predicted molar refractivity (Wildman–Crippen MR) is 80.8 cm³/mol. The zero-order valence-corrected chi connectivity index (χ0v) is 10.9. The van der Waals surface area contributed by atoms with Crippen LogP contribution in [0.5, 0.6) is 0 Å². The van der Waals surface area contributed by atoms with E-state index < -0.39 is 6.61 Å². The summed E-state index contributed by atoms with van der Waals surface area (Å²) in [6.07, 6.45) is 0. The fraction of sp³-hybridized carbons (Fsp3) is 0.0556. The summed E-state index contributed by atoms with van der Waals surface area (Å²) in [4.78, 5) is 11.6. The zero-order valence-electron chi connectivity index (χ0n) is 10.9. The molecular weight excluding hydrogens is 248 g/mol. The fourth-order valence-electron chi connectivity index (χ4n) is 2.33. The first-order valence-corrected chi connectivity index (χ1v) is 6.51. The van der Waals surface area contributed by atoms with Crippen LogP contribution >= 0.6 is 0 Å². The lowest BCUT2D eigenvalue weighted by molar-refractivity contribution is 0.0904. The molecule has 0 fully saturated rings. The number of aliphatic hydroxyl groups excluding tert-OH is 1. The van der Waals surface area contributed by atoms with Crippen molar-refractivity contribution in [3.05, 3.63) is 72.3 Å². The number of fused-ring (bicyclic) bond motifs is 1. The number of hydrogen-bond acceptors (Lipinski definition) is 2. The Morgan fingerprint density at radius 2 is 1.55 bits per heavy atom. The van der Waals surface area contributed by atoms with Crippen molar-refractivity contribution >= 4 is 16.6 Å². The van der Waals surface area contributed by atoms with Gasteiger partial charge in [0, 0.05) is 5.56 Å². The Morgan fingerprint density at radius 3 is 2.35 bits per heavy atom. The van der Waals surface area contributed by atoms with E-state index in [1.54, 1.807) is 6.07 Å². The van der Waals surface area contributed by atoms with Gasteiger partial charge in [-0.1, -0.05) is 54.6 Å². The minimum absolute atomic E-state index is 0.257. The van der Waals surface area contributed by atoms with Crippen molar-refractivity contribution < 1.29 is 9.90 Å². The van der Waals surface area contributed by atoms with Crippen LogP contribution in [-0.2, 0) is 0 Å². The van der Waals surface area contributed by atoms with E-state index in [1.807, 2.05) is 36.4 Å². The van der Waals surface area contributed by atoms with Gasteiger partial charge < -0.3 is 5.11 Å². The quantitative estimate of drug-likeness (QED) is 0.731. The summed E-state index contributed by atoms with van der Waals surface area (Å²) in [5, 5.41) is 11.3. The predicted octanol–water partition coefficient (Wildman–Crippen LogP) is 3.68. The number of aliphatic hydroxyl groups is 1. The van der Waals surface area contributed by atoms with Gasteiger partial charge in [-0.05, 0) is 34.0 Å². The second kappa shape index (κ2) is 5.27. The van der Waals surface area contributed by atoms with Crippen molar-refractivity contribution in [3.63, 3.8) is 0 Å². The molecule has 0 saturated carbocycles. The number of ketones is 1. The van der Waals surface area contributed by atoms with Crippen LogP contribution in [0.1, 0.15) is 10.4 Å². The minimum Gasteiger partial charge on any atom is -0.388 e. The third-order valence-corrected chi connectivity index (χ3v) is 3.41. The average Bonchev–Trinajstić information content (AvgIpc) is 2.53. The summed E-state index contributed by atoms with van der Waals surface area (Å²) in [6, 6.07) is 21.8. The molecule has 0 radical (unpaired) electrons. The van der Waals surface area contributed by atoms with E-state index in [4.69, 9.17) is 5.11 Å². The standard InChI is InChI=1S/C18H14O2/c19-12-18(20)17-7-3-6-15(11-17)16-9-8-13-4-1-2-5-14(13)10-16/h1-11,19H,12H2. The monoisotopic (exact) mass is 262 g/mol. The largest absolute Gasteiger partial charge is 0.388 e. The first kappa shape index (κ1) is 12.6. The van der Waals surface area contributed by atoms with Gasteiger partial charge in [0.25, 0.3) is 0 Å². The van der Waals surface area contributed by atoms with Gasteiger partial charge in [-0.15, -0.1) is 0 Å². The fourth-order valence-corrected chi connectivity index (χ4v) is 2.33. The van der Waals surface area contributed by atoms with E-state index >= 15 is 0 Å². The van der Waals surface area contributed by atoms with E-state index in [9.17, 15) is 4.79 Å². The molecule has 0 atom stereocenters. The van der Waals surface area contributed by atoms with Crippen molar-refractivity contribution in [2.75, 3.05) is 6.61 Å². The highest BCUT2D eigenvalue weighted by atomic mass is 16.3. The lowest BCUT2D eigenvalue weighted by atomic mass is 9.99. The van der Waals surface area contributed by atoms with Gasteiger partial charge in [0.15, 0.2) is 5.78 Å². The number of hydrogen-bond donors (Lipinski definition) is 1. The van der Waals surface area contributed by atoms with Gasteiger partial charge in [-0.25, -0.2) is 0 Å². The van der Waals surface area contributed by atoms with Crippen LogP contribution in [0.15, 0.2) is 66.7 Å². The summed E-state index contributed by atoms with van der Waals surface area (Å²) < 4.78 is 0. The minimum atomic E-state index is -0.457. The second-order valence-electron chi connectivity index (χ2n) is 4.72. The lowest BCUT2D eigenvalue weighted by Crippen LogP contribution is -2.03. The second-order valence-corrected chi connectivity index (χ2v) is 4.72. The molecule has 0 unspecified atom stereocenters. The Morgan fingerprint density at radius 1 is 0.800 bits per heavy atom. The molecule has 3 rings (SSSR count). The third-order valence-electron chi connectivity index (χ3n) is 3.41. The molecule has 0 saturated heterocycles. The van der Waals surface area contributed by atoms with Crippen molar-refractivity contribution in [2.24, 2.45) is 0 Å². The van der Waals surface area contributed by atoms with Gasteiger partial charge in [-0.3, -0.25) is 4.79 Å². The molecular formula is C18H14O2. The number of carbonyl (C=O) groups is 1. The van der Waals surface area contributed by atoms with E-state index in [0.717, 1.165) is 11.1 Å². The highest BCUT2D eigenvalue weighted by molar-refractivity contribution is 5.98. The van der Waals surface area contributed by atoms with Crippen molar-refractivity contribution in [1.29, 1.82) is 0 Å². The van der Waals surface area contributed by atoms with Gasteiger partial charge >= 0.3 is 0 Å². The topological polar surface area (TPSA) is 37.3 Å². The molecule has 3 aromatic rings. The summed E-state index contributed by atoms with van der Waals surface area (Å²) in [7, 11) is 0. The molecule has 0 aliphatic heterocycles. The highest BCUT2D eigenvalue weighted by Crippen LogP contribution is 2.25. The van der Waals surface area contributed by atoms with E-state index in [0.29, 0.717) is 5.56 Å². The van der Waals surface area contributed by atoms with Gasteiger partial charge in [0.1, 0.15) is 6.61 Å². The summed E-state index contributed by atoms with van der Waals surface area (Å²) in [6.45, 7) is -0.457. The smallest absolute Gasteiger partial charge is 0.188 e. The zero-order chi connectivity index (χ0) is 13.9. The van der Waals surface area contributed by atoms with Crippen molar-refractivity contribution in [1.82, 2.24) is 0 Å². The Balaban J connectivity index is 2.08. The first-order valence-electron chi connectivity index (χ1n) is 6.51. The Labute approximate surface area is 117 Å². The molecule has 2 nitrogen and oxygen atoms in total. The molecule has 3 aromatic carbocycles. The van der Waals surface area contributed by atoms with E-state index in [1.165, 1.54) is 10.8 Å². The van der Waals surface area contributed by atoms with Crippen LogP contribution < -0.4 is 0 Å². The Kier molecular flexibility index (Phi) is 3.32. The lowest BCUT2D eigenvalue weighted by Gasteiger charge is -2.06. The van der Waals surface area contributed by atoms with E-state index in [-0.39, 0.29) is 5.78 Å². The molecule has 0 aliphatic carbocycles. The van der Waals surface area contributed by atoms with Crippen molar-refractivity contribution in [2.45, 2.75) is 0 Å². The van der Waals surface area contributed by atoms with Crippen LogP contribution in [0.3, 0.4) is 0 Å². The van der Waals surface area contributed by atoms with Crippen LogP contribution in [-0.4, -0.2) is 17.5 Å². The average molecular weight is 262 g/mol. The van der Waals surface area contributed by atoms with Gasteiger partial charge in [-0.2, -0.15) is 0 Å². The third kappa shape index (κ3) is 2.33. The molecule has 0 amide bonds. The first-order chi connectivity index (χ1) is 9.78. The Hall–Kier alpha value is -2.45. The molecule has 1 N–H and O–H groups in total. The molecule has 0 bridgehead atoms. The maximum Gasteiger partial charge on any atom is 0.188 e. The maximum absolute atomic E-state index is 11.6. The van der Waals surface area contributed by atoms with Gasteiger partial charge in [0.2, 0.25) is 0 Å². The molecule has 98 valence electrons. The summed E-state index contributed by atoms with van der Waals surface area (Å²) in [5.74, 6) is -0.257. The summed E-state index contributed by atoms with van der Waals surface area (Å²) >= 11 is 0. The van der Waals surface area contributed by atoms with E-state index in [2.05, 4.69) is 24.3 Å². The number of carbonyl (C=O) groups excluding carboxylic acids is 1. The number of rotatable bonds is 3. The SMILES string of the molecule is O=C(CO)c1cccc(-c2ccc3ccccc3c2)c1. The Bertz CT molecular complexity index is 775. The molecule has 0 aromatic heterocycles. The van der Waals surface area contributed by atoms with Crippen LogP contribution in [0.2, 0.25) is 0 Å². The molecule has 0 aliphatic rings. The van der Waals surface area contributed by atoms with Crippen LogP contribution in [0.4, 0.5) is 0 Å². The molecule has 2 heteroatoms. The van der Waals surface area contributed by atoms with Crippen molar-refractivity contribution in [3.8, 4) is 11.1 Å². The van der Waals surface area contributed by atoms with Crippen LogP contribution in [0.25, 0.3) is 21.9 Å². The molecule has 0 spiro atoms. The number of benzene rings is 3.